The number of nitrogens with two attached hydrogens (primary N) is 1. The molecule has 0 bridgehead atoms. The maximum absolute atomic E-state index is 11.2. The molecule has 0 rings (SSSR count). The average molecular weight is 189 g/mol. The van der Waals surface area contributed by atoms with Gasteiger partial charge in [-0.25, -0.2) is 0 Å². The number of hydrogen-bond acceptors (Lipinski definition) is 4. The van der Waals surface area contributed by atoms with Crippen LogP contribution in [0.2, 0.25) is 0 Å². The summed E-state index contributed by atoms with van der Waals surface area (Å²) < 4.78 is 0. The molecule has 0 aliphatic carbocycles. The van der Waals surface area contributed by atoms with Crippen molar-refractivity contribution in [3.05, 3.63) is 0 Å². The van der Waals surface area contributed by atoms with Crippen LogP contribution in [0.3, 0.4) is 0 Å². The Balaban J connectivity index is 4.80. The number of amides is 1. The number of carbonyl (C=O) groups is 2. The summed E-state index contributed by atoms with van der Waals surface area (Å²) in [6, 6.07) is 0. The first-order valence-electron chi connectivity index (χ1n) is 4.04. The number of aliphatic hydroxyl groups excluding tert-OH is 2. The molecular weight excluding hydrogens is 174 g/mol. The molecule has 0 saturated carbocycles. The molecule has 5 nitrogen and oxygen atoms in total. The molecule has 13 heavy (non-hydrogen) atoms. The fraction of sp³-hybridized carbons (Fsp3) is 0.750. The van der Waals surface area contributed by atoms with E-state index in [0.717, 1.165) is 0 Å². The Morgan fingerprint density at radius 3 is 1.77 bits per heavy atom. The lowest BCUT2D eigenvalue weighted by molar-refractivity contribution is -0.141. The highest BCUT2D eigenvalue weighted by atomic mass is 16.3. The van der Waals surface area contributed by atoms with Crippen LogP contribution in [-0.4, -0.2) is 35.1 Å². The van der Waals surface area contributed by atoms with Crippen LogP contribution in [0.25, 0.3) is 0 Å². The molecule has 76 valence electrons. The molecule has 0 aromatic rings. The van der Waals surface area contributed by atoms with Gasteiger partial charge < -0.3 is 15.9 Å². The molecule has 0 saturated heterocycles. The van der Waals surface area contributed by atoms with E-state index in [-0.39, 0.29) is 26.1 Å². The van der Waals surface area contributed by atoms with E-state index in [4.69, 9.17) is 15.9 Å². The molecule has 1 amide bonds. The predicted molar refractivity (Wildman–Crippen MR) is 45.7 cm³/mol. The third-order valence-electron chi connectivity index (χ3n) is 2.22. The minimum Gasteiger partial charge on any atom is -0.396 e. The van der Waals surface area contributed by atoms with Gasteiger partial charge in [0.15, 0.2) is 0 Å². The summed E-state index contributed by atoms with van der Waals surface area (Å²) in [5.41, 5.74) is 3.66. The average Bonchev–Trinajstić information content (AvgIpc) is 2.03. The van der Waals surface area contributed by atoms with E-state index in [2.05, 4.69) is 0 Å². The van der Waals surface area contributed by atoms with Crippen LogP contribution < -0.4 is 5.73 Å². The van der Waals surface area contributed by atoms with Crippen molar-refractivity contribution in [2.75, 3.05) is 13.2 Å². The Kier molecular flexibility index (Phi) is 4.58. The fourth-order valence-corrected chi connectivity index (χ4v) is 1.28. The maximum Gasteiger partial charge on any atom is 0.231 e. The largest absolute Gasteiger partial charge is 0.396 e. The van der Waals surface area contributed by atoms with E-state index in [1.807, 2.05) is 0 Å². The van der Waals surface area contributed by atoms with Crippen molar-refractivity contribution in [1.82, 2.24) is 0 Å². The molecule has 0 atom stereocenters. The topological polar surface area (TPSA) is 101 Å². The zero-order valence-electron chi connectivity index (χ0n) is 7.62. The minimum absolute atomic E-state index is 0.0295. The van der Waals surface area contributed by atoms with Crippen LogP contribution in [0.5, 0.6) is 0 Å². The molecule has 4 N–H and O–H groups in total. The van der Waals surface area contributed by atoms with E-state index < -0.39 is 17.1 Å². The molecule has 0 fully saturated rings. The van der Waals surface area contributed by atoms with Crippen LogP contribution in [0.1, 0.15) is 19.8 Å². The summed E-state index contributed by atoms with van der Waals surface area (Å²) >= 11 is 0. The molecular formula is C8H15NO4. The second kappa shape index (κ2) is 4.94. The van der Waals surface area contributed by atoms with Crippen molar-refractivity contribution in [3.63, 3.8) is 0 Å². The van der Waals surface area contributed by atoms with Crippen LogP contribution in [0.4, 0.5) is 0 Å². The van der Waals surface area contributed by atoms with Gasteiger partial charge in [0.1, 0.15) is 11.2 Å². The second-order valence-corrected chi connectivity index (χ2v) is 2.95. The van der Waals surface area contributed by atoms with E-state index in [1.54, 1.807) is 0 Å². The van der Waals surface area contributed by atoms with Gasteiger partial charge in [-0.1, -0.05) is 0 Å². The molecule has 0 unspecified atom stereocenters. The molecule has 0 radical (unpaired) electrons. The van der Waals surface area contributed by atoms with Crippen LogP contribution in [-0.2, 0) is 9.59 Å². The van der Waals surface area contributed by atoms with Crippen molar-refractivity contribution in [3.8, 4) is 0 Å². The summed E-state index contributed by atoms with van der Waals surface area (Å²) in [5, 5.41) is 17.4. The molecule has 0 heterocycles. The van der Waals surface area contributed by atoms with Gasteiger partial charge in [0, 0.05) is 13.2 Å². The lowest BCUT2D eigenvalue weighted by atomic mass is 9.77. The van der Waals surface area contributed by atoms with Crippen molar-refractivity contribution in [2.24, 2.45) is 11.1 Å². The number of Topliss-reactive ketones (excluding diaryl/α,β-unsaturated/α-hetero) is 1. The highest BCUT2D eigenvalue weighted by molar-refractivity contribution is 6.04. The lowest BCUT2D eigenvalue weighted by Gasteiger charge is -2.25. The summed E-state index contributed by atoms with van der Waals surface area (Å²) in [6.45, 7) is 0.626. The van der Waals surface area contributed by atoms with Crippen LogP contribution >= 0.6 is 0 Å². The number of primary amides is 1. The third kappa shape index (κ3) is 2.50. The van der Waals surface area contributed by atoms with Gasteiger partial charge in [-0.15, -0.1) is 0 Å². The quantitative estimate of drug-likeness (QED) is 0.457. The van der Waals surface area contributed by atoms with Crippen LogP contribution in [0.15, 0.2) is 0 Å². The van der Waals surface area contributed by atoms with Crippen molar-refractivity contribution in [2.45, 2.75) is 19.8 Å². The lowest BCUT2D eigenvalue weighted by Crippen LogP contribution is -2.44. The summed E-state index contributed by atoms with van der Waals surface area (Å²) in [4.78, 5) is 22.2. The Morgan fingerprint density at radius 2 is 1.62 bits per heavy atom. The smallest absolute Gasteiger partial charge is 0.231 e. The van der Waals surface area contributed by atoms with Crippen molar-refractivity contribution >= 4 is 11.7 Å². The van der Waals surface area contributed by atoms with E-state index in [9.17, 15) is 9.59 Å². The molecule has 0 spiro atoms. The summed E-state index contributed by atoms with van der Waals surface area (Å²) in [5.74, 6) is -1.20. The van der Waals surface area contributed by atoms with Gasteiger partial charge >= 0.3 is 0 Å². The Hall–Kier alpha value is -0.940. The van der Waals surface area contributed by atoms with Gasteiger partial charge in [0.05, 0.1) is 0 Å². The number of aliphatic hydroxyl groups is 2. The van der Waals surface area contributed by atoms with E-state index in [0.29, 0.717) is 0 Å². The minimum atomic E-state index is -1.40. The summed E-state index contributed by atoms with van der Waals surface area (Å²) in [7, 11) is 0. The number of hydrogen-bond donors (Lipinski definition) is 3. The predicted octanol–water partition coefficient (Wildman–Crippen LogP) is -1.19. The molecule has 0 aliphatic heterocycles. The first-order chi connectivity index (χ1) is 6.01. The fourth-order valence-electron chi connectivity index (χ4n) is 1.28. The summed E-state index contributed by atoms with van der Waals surface area (Å²) in [6.07, 6.45) is -0.0591. The monoisotopic (exact) mass is 189 g/mol. The second-order valence-electron chi connectivity index (χ2n) is 2.95. The number of ketones is 1. The Labute approximate surface area is 76.5 Å². The van der Waals surface area contributed by atoms with Gasteiger partial charge in [0.25, 0.3) is 0 Å². The van der Waals surface area contributed by atoms with Crippen LogP contribution in [0, 0.1) is 5.41 Å². The normalized spacial score (nSPS) is 11.3. The molecule has 0 aromatic carbocycles. The Bertz CT molecular complexity index is 180. The van der Waals surface area contributed by atoms with Gasteiger partial charge in [-0.3, -0.25) is 9.59 Å². The number of rotatable bonds is 6. The molecule has 0 aromatic heterocycles. The number of carbonyl (C=O) groups excluding carboxylic acids is 2. The zero-order chi connectivity index (χ0) is 10.5. The van der Waals surface area contributed by atoms with Crippen molar-refractivity contribution in [1.29, 1.82) is 0 Å². The standard InChI is InChI=1S/C8H15NO4/c1-6(12)8(2-4-10,3-5-11)7(9)13/h10-11H,2-5H2,1H3,(H2,9,13). The maximum atomic E-state index is 11.2. The van der Waals surface area contributed by atoms with E-state index >= 15 is 0 Å². The van der Waals surface area contributed by atoms with Gasteiger partial charge in [-0.05, 0) is 19.8 Å². The third-order valence-corrected chi connectivity index (χ3v) is 2.22. The highest BCUT2D eigenvalue weighted by Crippen LogP contribution is 2.26. The Morgan fingerprint density at radius 1 is 1.23 bits per heavy atom. The highest BCUT2D eigenvalue weighted by Gasteiger charge is 2.40. The molecule has 5 heteroatoms. The first-order valence-corrected chi connectivity index (χ1v) is 4.04. The zero-order valence-corrected chi connectivity index (χ0v) is 7.62. The van der Waals surface area contributed by atoms with Gasteiger partial charge in [0.2, 0.25) is 5.91 Å². The first kappa shape index (κ1) is 12.1. The van der Waals surface area contributed by atoms with E-state index in [1.165, 1.54) is 6.92 Å². The van der Waals surface area contributed by atoms with Gasteiger partial charge in [-0.2, -0.15) is 0 Å². The molecule has 0 aliphatic rings. The van der Waals surface area contributed by atoms with Crippen molar-refractivity contribution < 1.29 is 19.8 Å². The SMILES string of the molecule is CC(=O)C(CCO)(CCO)C(N)=O.